The predicted octanol–water partition coefficient (Wildman–Crippen LogP) is 3.21. The summed E-state index contributed by atoms with van der Waals surface area (Å²) in [5, 5.41) is 11.2. The van der Waals surface area contributed by atoms with Crippen LogP contribution < -0.4 is 0 Å². The number of alkyl halides is 3. The van der Waals surface area contributed by atoms with E-state index < -0.39 is 12.1 Å². The first-order valence-corrected chi connectivity index (χ1v) is 10.8. The Labute approximate surface area is 181 Å². The van der Waals surface area contributed by atoms with Crippen LogP contribution in [0.3, 0.4) is 0 Å². The van der Waals surface area contributed by atoms with E-state index in [2.05, 4.69) is 9.55 Å². The molecule has 170 valence electrons. The zero-order chi connectivity index (χ0) is 22.6. The topological polar surface area (TPSA) is 84.7 Å². The van der Waals surface area contributed by atoms with Crippen LogP contribution in [0.1, 0.15) is 35.7 Å². The fourth-order valence-corrected chi connectivity index (χ4v) is 4.06. The van der Waals surface area contributed by atoms with Crippen molar-refractivity contribution < 1.29 is 32.6 Å². The lowest BCUT2D eigenvalue weighted by molar-refractivity contribution is -0.192. The molecule has 3 heterocycles. The minimum Gasteiger partial charge on any atom is -0.475 e. The van der Waals surface area contributed by atoms with Gasteiger partial charge in [0.2, 0.25) is 5.91 Å². The number of thiophene rings is 1. The zero-order valence-corrected chi connectivity index (χ0v) is 17.8. The summed E-state index contributed by atoms with van der Waals surface area (Å²) in [7, 11) is 2.03. The lowest BCUT2D eigenvalue weighted by Crippen LogP contribution is -2.41. The van der Waals surface area contributed by atoms with Gasteiger partial charge >= 0.3 is 12.1 Å². The van der Waals surface area contributed by atoms with Crippen molar-refractivity contribution in [3.05, 3.63) is 40.1 Å². The summed E-state index contributed by atoms with van der Waals surface area (Å²) in [6, 6.07) is 2.02. The van der Waals surface area contributed by atoms with Gasteiger partial charge in [-0.05, 0) is 41.1 Å². The monoisotopic (exact) mass is 459 g/mol. The molecule has 7 nitrogen and oxygen atoms in total. The number of rotatable bonds is 6. The number of ether oxygens (including phenoxy) is 1. The predicted molar refractivity (Wildman–Crippen MR) is 107 cm³/mol. The third-order valence-corrected chi connectivity index (χ3v) is 5.86. The normalized spacial score (nSPS) is 18.2. The molecule has 1 atom stereocenters. The van der Waals surface area contributed by atoms with Gasteiger partial charge in [0, 0.05) is 31.8 Å². The lowest BCUT2D eigenvalue weighted by Gasteiger charge is -2.33. The van der Waals surface area contributed by atoms with Crippen molar-refractivity contribution in [1.82, 2.24) is 14.5 Å². The van der Waals surface area contributed by atoms with Crippen LogP contribution in [0.4, 0.5) is 13.2 Å². The molecule has 1 amide bonds. The number of aromatic nitrogens is 2. The quantitative estimate of drug-likeness (QED) is 0.717. The molecule has 1 fully saturated rings. The van der Waals surface area contributed by atoms with E-state index in [4.69, 9.17) is 14.6 Å². The molecule has 1 N–H and O–H groups in total. The highest BCUT2D eigenvalue weighted by molar-refractivity contribution is 7.08. The van der Waals surface area contributed by atoms with Crippen LogP contribution in [-0.4, -0.2) is 57.4 Å². The van der Waals surface area contributed by atoms with Gasteiger partial charge in [0.15, 0.2) is 0 Å². The minimum absolute atomic E-state index is 0.178. The number of hydrogen-bond acceptors (Lipinski definition) is 5. The molecular weight excluding hydrogens is 435 g/mol. The van der Waals surface area contributed by atoms with Crippen molar-refractivity contribution in [3.63, 3.8) is 0 Å². The Balaban J connectivity index is 0.000000339. The van der Waals surface area contributed by atoms with E-state index in [9.17, 15) is 18.0 Å². The first kappa shape index (κ1) is 23.3. The highest BCUT2D eigenvalue weighted by Crippen LogP contribution is 2.31. The van der Waals surface area contributed by atoms with Crippen molar-refractivity contribution in [2.24, 2.45) is 13.0 Å². The SMILES string of the molecule is Cn1cnc2c1C(COCC1CC1)CN(C(=O)Cc1ccsc1)C2.O=C(O)C(F)(F)F. The molecule has 0 spiro atoms. The van der Waals surface area contributed by atoms with Crippen LogP contribution in [0.5, 0.6) is 0 Å². The first-order chi connectivity index (χ1) is 14.6. The van der Waals surface area contributed by atoms with Gasteiger partial charge < -0.3 is 19.3 Å². The molecular formula is C20H24F3N3O4S. The molecule has 31 heavy (non-hydrogen) atoms. The van der Waals surface area contributed by atoms with Gasteiger partial charge in [0.1, 0.15) is 0 Å². The number of nitrogens with zero attached hydrogens (tertiary/aromatic N) is 3. The summed E-state index contributed by atoms with van der Waals surface area (Å²) in [5.74, 6) is -1.60. The molecule has 0 radical (unpaired) electrons. The number of carboxylic acid groups (broad SMARTS) is 1. The number of halogens is 3. The second-order valence-corrected chi connectivity index (χ2v) is 8.53. The van der Waals surface area contributed by atoms with Gasteiger partial charge in [-0.3, -0.25) is 4.79 Å². The molecule has 1 unspecified atom stereocenters. The van der Waals surface area contributed by atoms with Crippen LogP contribution in [-0.2, 0) is 34.3 Å². The van der Waals surface area contributed by atoms with Crippen molar-refractivity contribution >= 4 is 23.2 Å². The maximum absolute atomic E-state index is 12.7. The van der Waals surface area contributed by atoms with Gasteiger partial charge in [-0.15, -0.1) is 0 Å². The van der Waals surface area contributed by atoms with E-state index in [1.165, 1.54) is 18.5 Å². The van der Waals surface area contributed by atoms with Crippen LogP contribution in [0.15, 0.2) is 23.2 Å². The Morgan fingerprint density at radius 2 is 2.03 bits per heavy atom. The maximum Gasteiger partial charge on any atom is 0.490 e. The Morgan fingerprint density at radius 1 is 1.32 bits per heavy atom. The Kier molecular flexibility index (Phi) is 7.37. The van der Waals surface area contributed by atoms with Gasteiger partial charge in [-0.25, -0.2) is 9.78 Å². The molecule has 11 heteroatoms. The Bertz CT molecular complexity index is 894. The van der Waals surface area contributed by atoms with Crippen LogP contribution in [0.2, 0.25) is 0 Å². The van der Waals surface area contributed by atoms with E-state index in [0.717, 1.165) is 30.3 Å². The van der Waals surface area contributed by atoms with Gasteiger partial charge in [0.05, 0.1) is 31.6 Å². The summed E-state index contributed by atoms with van der Waals surface area (Å²) in [4.78, 5) is 28.0. The molecule has 2 aromatic rings. The molecule has 1 aliphatic carbocycles. The summed E-state index contributed by atoms with van der Waals surface area (Å²) in [6.07, 6.45) is -0.160. The van der Waals surface area contributed by atoms with Crippen molar-refractivity contribution in [2.75, 3.05) is 19.8 Å². The number of hydrogen-bond donors (Lipinski definition) is 1. The molecule has 2 aliphatic rings. The van der Waals surface area contributed by atoms with Crippen LogP contribution >= 0.6 is 11.3 Å². The number of carbonyl (C=O) groups excluding carboxylic acids is 1. The number of aryl methyl sites for hydroxylation is 1. The number of fused-ring (bicyclic) bond motifs is 1. The smallest absolute Gasteiger partial charge is 0.475 e. The molecule has 0 bridgehead atoms. The summed E-state index contributed by atoms with van der Waals surface area (Å²) in [6.45, 7) is 2.86. The van der Waals surface area contributed by atoms with E-state index in [0.29, 0.717) is 19.6 Å². The molecule has 0 saturated heterocycles. The fourth-order valence-electron chi connectivity index (χ4n) is 3.39. The van der Waals surface area contributed by atoms with Crippen molar-refractivity contribution in [1.29, 1.82) is 0 Å². The summed E-state index contributed by atoms with van der Waals surface area (Å²) in [5.41, 5.74) is 3.34. The second kappa shape index (κ2) is 9.82. The second-order valence-electron chi connectivity index (χ2n) is 7.75. The summed E-state index contributed by atoms with van der Waals surface area (Å²) < 4.78 is 39.8. The maximum atomic E-state index is 12.7. The fraction of sp³-hybridized carbons (Fsp3) is 0.550. The number of carboxylic acids is 1. The zero-order valence-electron chi connectivity index (χ0n) is 17.0. The molecule has 0 aromatic carbocycles. The minimum atomic E-state index is -5.08. The Morgan fingerprint density at radius 3 is 2.61 bits per heavy atom. The molecule has 1 aliphatic heterocycles. The van der Waals surface area contributed by atoms with Crippen LogP contribution in [0.25, 0.3) is 0 Å². The van der Waals surface area contributed by atoms with E-state index in [1.807, 2.05) is 35.1 Å². The van der Waals surface area contributed by atoms with Gasteiger partial charge in [0.25, 0.3) is 0 Å². The van der Waals surface area contributed by atoms with E-state index >= 15 is 0 Å². The van der Waals surface area contributed by atoms with Crippen molar-refractivity contribution in [2.45, 2.75) is 37.9 Å². The largest absolute Gasteiger partial charge is 0.490 e. The third-order valence-electron chi connectivity index (χ3n) is 5.13. The standard InChI is InChI=1S/C18H23N3O2S.C2HF3O2/c1-20-12-19-16-8-21(17(22)6-14-4-5-24-11-14)7-15(18(16)20)10-23-9-13-2-3-13;3-2(4,5)1(6)7/h4-5,11-13,15H,2-3,6-10H2,1H3;(H,6,7). The molecule has 1 saturated carbocycles. The Hall–Kier alpha value is -2.40. The molecule has 2 aromatic heterocycles. The first-order valence-electron chi connectivity index (χ1n) is 9.82. The average Bonchev–Trinajstić information content (AvgIpc) is 3.23. The van der Waals surface area contributed by atoms with Gasteiger partial charge in [-0.1, -0.05) is 0 Å². The third kappa shape index (κ3) is 6.54. The highest BCUT2D eigenvalue weighted by atomic mass is 32.1. The summed E-state index contributed by atoms with van der Waals surface area (Å²) >= 11 is 1.63. The van der Waals surface area contributed by atoms with E-state index in [1.54, 1.807) is 11.3 Å². The average molecular weight is 459 g/mol. The number of imidazole rings is 1. The van der Waals surface area contributed by atoms with Crippen molar-refractivity contribution in [3.8, 4) is 0 Å². The lowest BCUT2D eigenvalue weighted by atomic mass is 9.98. The highest BCUT2D eigenvalue weighted by Gasteiger charge is 2.38. The number of aliphatic carboxylic acids is 1. The van der Waals surface area contributed by atoms with E-state index in [-0.39, 0.29) is 11.8 Å². The number of amides is 1. The molecule has 4 rings (SSSR count). The van der Waals surface area contributed by atoms with Gasteiger partial charge in [-0.2, -0.15) is 24.5 Å². The van der Waals surface area contributed by atoms with Crippen LogP contribution in [0, 0.1) is 5.92 Å². The number of carbonyl (C=O) groups is 2.